The molecule has 0 heterocycles. The monoisotopic (exact) mass is 292 g/mol. The Bertz CT molecular complexity index is 725. The van der Waals surface area contributed by atoms with Crippen LogP contribution in [0, 0.1) is 31.1 Å². The maximum Gasteiger partial charge on any atom is 0.249 e. The molecule has 0 unspecified atom stereocenters. The number of hydrogen-bond donors (Lipinski definition) is 1. The van der Waals surface area contributed by atoms with Gasteiger partial charge in [-0.15, -0.1) is 0 Å². The van der Waals surface area contributed by atoms with E-state index in [4.69, 9.17) is 0 Å². The van der Waals surface area contributed by atoms with Crippen LogP contribution in [0.2, 0.25) is 0 Å². The first-order valence-electron chi connectivity index (χ1n) is 6.89. The average molecular weight is 292 g/mol. The summed E-state index contributed by atoms with van der Waals surface area (Å²) in [5.41, 5.74) is 2.78. The van der Waals surface area contributed by atoms with Crippen molar-refractivity contribution in [1.82, 2.24) is 0 Å². The maximum atomic E-state index is 12.4. The van der Waals surface area contributed by atoms with Gasteiger partial charge in [0.05, 0.1) is 6.07 Å². The van der Waals surface area contributed by atoms with Gasteiger partial charge < -0.3 is 5.32 Å². The van der Waals surface area contributed by atoms with Crippen LogP contribution in [0.15, 0.2) is 48.5 Å². The predicted molar refractivity (Wildman–Crippen MR) is 84.4 cm³/mol. The molecule has 4 heteroatoms. The molecule has 4 nitrogen and oxygen atoms in total. The van der Waals surface area contributed by atoms with Crippen molar-refractivity contribution < 1.29 is 9.59 Å². The summed E-state index contributed by atoms with van der Waals surface area (Å²) in [7, 11) is 0. The van der Waals surface area contributed by atoms with Crippen LogP contribution in [0.4, 0.5) is 5.69 Å². The van der Waals surface area contributed by atoms with Crippen molar-refractivity contribution in [3.8, 4) is 6.07 Å². The van der Waals surface area contributed by atoms with Crippen molar-refractivity contribution in [3.63, 3.8) is 0 Å². The van der Waals surface area contributed by atoms with E-state index in [1.54, 1.807) is 42.5 Å². The predicted octanol–water partition coefficient (Wildman–Crippen LogP) is 3.26. The Balaban J connectivity index is 2.22. The lowest BCUT2D eigenvalue weighted by atomic mass is 9.95. The molecule has 0 aliphatic heterocycles. The number of aryl methyl sites for hydroxylation is 2. The third-order valence-electron chi connectivity index (χ3n) is 3.20. The Kier molecular flexibility index (Phi) is 4.70. The molecule has 2 aromatic rings. The second-order valence-corrected chi connectivity index (χ2v) is 5.16. The molecule has 0 aliphatic rings. The highest BCUT2D eigenvalue weighted by Gasteiger charge is 2.27. The zero-order chi connectivity index (χ0) is 16.1. The van der Waals surface area contributed by atoms with Crippen LogP contribution in [-0.2, 0) is 4.79 Å². The van der Waals surface area contributed by atoms with Crippen molar-refractivity contribution in [2.24, 2.45) is 5.92 Å². The average Bonchev–Trinajstić information content (AvgIpc) is 2.47. The van der Waals surface area contributed by atoms with Gasteiger partial charge in [0.25, 0.3) is 0 Å². The van der Waals surface area contributed by atoms with Gasteiger partial charge in [-0.05, 0) is 38.1 Å². The number of carbonyl (C=O) groups excluding carboxylic acids is 2. The van der Waals surface area contributed by atoms with E-state index in [-0.39, 0.29) is 0 Å². The molecule has 22 heavy (non-hydrogen) atoms. The lowest BCUT2D eigenvalue weighted by Crippen LogP contribution is -2.28. The summed E-state index contributed by atoms with van der Waals surface area (Å²) in [6, 6.07) is 15.9. The minimum absolute atomic E-state index is 0.382. The summed E-state index contributed by atoms with van der Waals surface area (Å²) in [4.78, 5) is 24.6. The third kappa shape index (κ3) is 3.58. The molecule has 0 bridgehead atoms. The van der Waals surface area contributed by atoms with Gasteiger partial charge in [-0.1, -0.05) is 35.4 Å². The maximum absolute atomic E-state index is 12.4. The molecule has 1 N–H and O–H groups in total. The number of para-hydroxylation sites is 1. The van der Waals surface area contributed by atoms with Crippen LogP contribution in [0.25, 0.3) is 0 Å². The lowest BCUT2D eigenvalue weighted by Gasteiger charge is -2.10. The van der Waals surface area contributed by atoms with Crippen LogP contribution < -0.4 is 5.32 Å². The molecule has 1 atom stereocenters. The minimum Gasteiger partial charge on any atom is -0.325 e. The number of nitriles is 1. The Labute approximate surface area is 129 Å². The number of carbonyl (C=O) groups is 2. The fourth-order valence-corrected chi connectivity index (χ4v) is 2.26. The molecule has 0 radical (unpaired) electrons. The van der Waals surface area contributed by atoms with Crippen LogP contribution >= 0.6 is 0 Å². The van der Waals surface area contributed by atoms with E-state index in [1.807, 2.05) is 26.0 Å². The molecule has 0 spiro atoms. The highest BCUT2D eigenvalue weighted by atomic mass is 16.2. The number of rotatable bonds is 4. The zero-order valence-electron chi connectivity index (χ0n) is 12.5. The van der Waals surface area contributed by atoms with Crippen molar-refractivity contribution in [1.29, 1.82) is 5.26 Å². The zero-order valence-corrected chi connectivity index (χ0v) is 12.5. The van der Waals surface area contributed by atoms with Crippen LogP contribution in [0.3, 0.4) is 0 Å². The molecule has 0 aliphatic carbocycles. The van der Waals surface area contributed by atoms with E-state index >= 15 is 0 Å². The smallest absolute Gasteiger partial charge is 0.249 e. The second kappa shape index (κ2) is 6.68. The standard InChI is InChI=1S/C18H16N2O2/c1-12-8-13(2)10-14(9-12)17(21)16(11-19)18(22)20-15-6-4-3-5-7-15/h3-10,16H,1-2H3,(H,20,22)/t16-/m1/s1. The second-order valence-electron chi connectivity index (χ2n) is 5.16. The van der Waals surface area contributed by atoms with Crippen molar-refractivity contribution in [2.45, 2.75) is 13.8 Å². The van der Waals surface area contributed by atoms with E-state index in [9.17, 15) is 14.9 Å². The normalized spacial score (nSPS) is 11.3. The summed E-state index contributed by atoms with van der Waals surface area (Å²) < 4.78 is 0. The van der Waals surface area contributed by atoms with E-state index in [0.717, 1.165) is 11.1 Å². The minimum atomic E-state index is -1.36. The highest BCUT2D eigenvalue weighted by Crippen LogP contribution is 2.15. The SMILES string of the molecule is Cc1cc(C)cc(C(=O)[C@@H](C#N)C(=O)Nc2ccccc2)c1. The number of anilines is 1. The summed E-state index contributed by atoms with van der Waals surface area (Å²) in [6.07, 6.45) is 0. The van der Waals surface area contributed by atoms with Gasteiger partial charge in [0.2, 0.25) is 5.91 Å². The van der Waals surface area contributed by atoms with Gasteiger partial charge in [0, 0.05) is 11.3 Å². The van der Waals surface area contributed by atoms with Crippen LogP contribution in [-0.4, -0.2) is 11.7 Å². The van der Waals surface area contributed by atoms with Crippen molar-refractivity contribution in [2.75, 3.05) is 5.32 Å². The summed E-state index contributed by atoms with van der Waals surface area (Å²) in [6.45, 7) is 3.74. The number of hydrogen-bond acceptors (Lipinski definition) is 3. The molecular formula is C18H16N2O2. The van der Waals surface area contributed by atoms with E-state index in [2.05, 4.69) is 5.32 Å². The third-order valence-corrected chi connectivity index (χ3v) is 3.20. The topological polar surface area (TPSA) is 70.0 Å². The number of nitrogens with zero attached hydrogens (tertiary/aromatic N) is 1. The largest absolute Gasteiger partial charge is 0.325 e. The molecule has 0 aromatic heterocycles. The molecule has 0 saturated heterocycles. The fraction of sp³-hybridized carbons (Fsp3) is 0.167. The number of amides is 1. The Morgan fingerprint density at radius 1 is 1.05 bits per heavy atom. The van der Waals surface area contributed by atoms with Gasteiger partial charge in [-0.2, -0.15) is 5.26 Å². The highest BCUT2D eigenvalue weighted by molar-refractivity contribution is 6.15. The van der Waals surface area contributed by atoms with Gasteiger partial charge in [0.15, 0.2) is 11.7 Å². The van der Waals surface area contributed by atoms with E-state index in [1.165, 1.54) is 0 Å². The summed E-state index contributed by atoms with van der Waals surface area (Å²) in [5, 5.41) is 11.8. The number of ketones is 1. The van der Waals surface area contributed by atoms with Gasteiger partial charge in [0.1, 0.15) is 0 Å². The molecule has 0 saturated carbocycles. The quantitative estimate of drug-likeness (QED) is 0.694. The Hall–Kier alpha value is -2.93. The number of nitrogens with one attached hydrogen (secondary N) is 1. The fourth-order valence-electron chi connectivity index (χ4n) is 2.26. The molecular weight excluding hydrogens is 276 g/mol. The van der Waals surface area contributed by atoms with Gasteiger partial charge >= 0.3 is 0 Å². The summed E-state index contributed by atoms with van der Waals surface area (Å²) in [5.74, 6) is -2.46. The first-order chi connectivity index (χ1) is 10.5. The van der Waals surface area contributed by atoms with Crippen molar-refractivity contribution in [3.05, 3.63) is 65.2 Å². The lowest BCUT2D eigenvalue weighted by molar-refractivity contribution is -0.117. The number of Topliss-reactive ketones (excluding diaryl/α,β-unsaturated/α-hetero) is 1. The molecule has 2 rings (SSSR count). The van der Waals surface area contributed by atoms with E-state index in [0.29, 0.717) is 11.3 Å². The summed E-state index contributed by atoms with van der Waals surface area (Å²) >= 11 is 0. The number of benzene rings is 2. The molecule has 2 aromatic carbocycles. The van der Waals surface area contributed by atoms with Crippen LogP contribution in [0.1, 0.15) is 21.5 Å². The first kappa shape index (κ1) is 15.5. The van der Waals surface area contributed by atoms with Gasteiger partial charge in [-0.25, -0.2) is 0 Å². The van der Waals surface area contributed by atoms with Crippen molar-refractivity contribution >= 4 is 17.4 Å². The Morgan fingerprint density at radius 3 is 2.18 bits per heavy atom. The molecule has 0 fully saturated rings. The molecule has 110 valence electrons. The van der Waals surface area contributed by atoms with Crippen LogP contribution in [0.5, 0.6) is 0 Å². The Morgan fingerprint density at radius 2 is 1.64 bits per heavy atom. The van der Waals surface area contributed by atoms with E-state index < -0.39 is 17.6 Å². The molecule has 1 amide bonds. The first-order valence-corrected chi connectivity index (χ1v) is 6.89. The van der Waals surface area contributed by atoms with Gasteiger partial charge in [-0.3, -0.25) is 9.59 Å².